The van der Waals surface area contributed by atoms with Gasteiger partial charge in [-0.2, -0.15) is 0 Å². The van der Waals surface area contributed by atoms with Crippen molar-refractivity contribution in [3.63, 3.8) is 0 Å². The fourth-order valence-electron chi connectivity index (χ4n) is 1.79. The molecule has 0 radical (unpaired) electrons. The maximum absolute atomic E-state index is 6.22. The molecule has 0 N–H and O–H groups in total. The Hall–Kier alpha value is -0.670. The van der Waals surface area contributed by atoms with Crippen LogP contribution in [-0.4, -0.2) is 9.97 Å². The zero-order chi connectivity index (χ0) is 11.3. The van der Waals surface area contributed by atoms with Crippen molar-refractivity contribution in [1.82, 2.24) is 9.97 Å². The fraction of sp³-hybridized carbons (Fsp3) is 0.500. The van der Waals surface area contributed by atoms with E-state index in [0.29, 0.717) is 5.15 Å². The highest BCUT2D eigenvalue weighted by atomic mass is 35.5. The van der Waals surface area contributed by atoms with Crippen LogP contribution in [0.5, 0.6) is 0 Å². The first-order valence-corrected chi connectivity index (χ1v) is 6.78. The molecule has 1 aliphatic rings. The van der Waals surface area contributed by atoms with Crippen molar-refractivity contribution in [3.05, 3.63) is 21.9 Å². The smallest absolute Gasteiger partial charge is 0.141 e. The molecule has 84 valence electrons. The van der Waals surface area contributed by atoms with Gasteiger partial charge in [0.1, 0.15) is 15.8 Å². The maximum atomic E-state index is 6.22. The van der Waals surface area contributed by atoms with Crippen LogP contribution >= 0.6 is 22.9 Å². The number of nitrogens with zero attached hydrogens (tertiary/aromatic N) is 2. The van der Waals surface area contributed by atoms with Gasteiger partial charge in [0.05, 0.1) is 0 Å². The molecule has 0 bridgehead atoms. The quantitative estimate of drug-likeness (QED) is 0.756. The molecule has 0 saturated heterocycles. The lowest BCUT2D eigenvalue weighted by molar-refractivity contribution is 0.716. The van der Waals surface area contributed by atoms with E-state index in [9.17, 15) is 0 Å². The van der Waals surface area contributed by atoms with Gasteiger partial charge in [0.25, 0.3) is 0 Å². The summed E-state index contributed by atoms with van der Waals surface area (Å²) >= 11 is 7.96. The number of rotatable bonds is 2. The first-order valence-electron chi connectivity index (χ1n) is 5.59. The van der Waals surface area contributed by atoms with Crippen molar-refractivity contribution < 1.29 is 0 Å². The minimum Gasteiger partial charge on any atom is -0.221 e. The highest BCUT2D eigenvalue weighted by Gasteiger charge is 2.42. The summed E-state index contributed by atoms with van der Waals surface area (Å²) in [6.07, 6.45) is 3.39. The van der Waals surface area contributed by atoms with Gasteiger partial charge in [-0.3, -0.25) is 0 Å². The van der Waals surface area contributed by atoms with E-state index in [4.69, 9.17) is 11.6 Å². The topological polar surface area (TPSA) is 25.8 Å². The molecular formula is C12H13ClN2S. The maximum Gasteiger partial charge on any atom is 0.141 e. The van der Waals surface area contributed by atoms with Gasteiger partial charge in [-0.1, -0.05) is 25.4 Å². The van der Waals surface area contributed by atoms with Crippen LogP contribution in [0.2, 0.25) is 5.15 Å². The summed E-state index contributed by atoms with van der Waals surface area (Å²) in [4.78, 5) is 11.5. The van der Waals surface area contributed by atoms with Crippen molar-refractivity contribution in [1.29, 1.82) is 0 Å². The highest BCUT2D eigenvalue weighted by Crippen LogP contribution is 2.47. The van der Waals surface area contributed by atoms with Crippen LogP contribution in [0.3, 0.4) is 0 Å². The summed E-state index contributed by atoms with van der Waals surface area (Å²) in [5.74, 6) is 0.925. The SMILES string of the molecule is CCc1cc2c(Cl)nc(C3(C)CC3)nc2s1. The molecule has 16 heavy (non-hydrogen) atoms. The third-order valence-electron chi connectivity index (χ3n) is 3.29. The number of hydrogen-bond donors (Lipinski definition) is 0. The molecule has 0 amide bonds. The molecule has 1 saturated carbocycles. The van der Waals surface area contributed by atoms with E-state index in [1.165, 1.54) is 17.7 Å². The lowest BCUT2D eigenvalue weighted by Gasteiger charge is -2.06. The molecule has 2 heterocycles. The second-order valence-electron chi connectivity index (χ2n) is 4.68. The fourth-order valence-corrected chi connectivity index (χ4v) is 3.04. The number of thiophene rings is 1. The van der Waals surface area contributed by atoms with Crippen molar-refractivity contribution >= 4 is 33.2 Å². The number of halogens is 1. The van der Waals surface area contributed by atoms with Gasteiger partial charge >= 0.3 is 0 Å². The Bertz CT molecular complexity index is 557. The van der Waals surface area contributed by atoms with Gasteiger partial charge in [-0.25, -0.2) is 9.97 Å². The molecule has 0 aliphatic heterocycles. The summed E-state index contributed by atoms with van der Waals surface area (Å²) in [6, 6.07) is 2.11. The van der Waals surface area contributed by atoms with E-state index in [0.717, 1.165) is 22.5 Å². The summed E-state index contributed by atoms with van der Waals surface area (Å²) in [5.41, 5.74) is 0.189. The van der Waals surface area contributed by atoms with Crippen LogP contribution < -0.4 is 0 Å². The number of hydrogen-bond acceptors (Lipinski definition) is 3. The Kier molecular flexibility index (Phi) is 2.23. The molecule has 0 spiro atoms. The van der Waals surface area contributed by atoms with Crippen LogP contribution in [0.25, 0.3) is 10.2 Å². The van der Waals surface area contributed by atoms with E-state index in [1.807, 2.05) is 0 Å². The van der Waals surface area contributed by atoms with E-state index < -0.39 is 0 Å². The predicted molar refractivity (Wildman–Crippen MR) is 68.4 cm³/mol. The van der Waals surface area contributed by atoms with E-state index in [2.05, 4.69) is 29.9 Å². The minimum absolute atomic E-state index is 0.189. The molecule has 0 atom stereocenters. The first kappa shape index (κ1) is 10.5. The van der Waals surface area contributed by atoms with Gasteiger partial charge in [0.15, 0.2) is 0 Å². The highest BCUT2D eigenvalue weighted by molar-refractivity contribution is 7.18. The van der Waals surface area contributed by atoms with Crippen LogP contribution in [-0.2, 0) is 11.8 Å². The molecular weight excluding hydrogens is 240 g/mol. The Balaban J connectivity index is 2.20. The molecule has 0 unspecified atom stereocenters. The zero-order valence-corrected chi connectivity index (χ0v) is 11.0. The number of aromatic nitrogens is 2. The Morgan fingerprint density at radius 3 is 2.81 bits per heavy atom. The normalized spacial score (nSPS) is 17.9. The summed E-state index contributed by atoms with van der Waals surface area (Å²) < 4.78 is 0. The zero-order valence-electron chi connectivity index (χ0n) is 9.38. The Labute approximate surface area is 104 Å². The van der Waals surface area contributed by atoms with Crippen molar-refractivity contribution in [2.75, 3.05) is 0 Å². The Morgan fingerprint density at radius 1 is 1.44 bits per heavy atom. The van der Waals surface area contributed by atoms with Gasteiger partial charge in [0.2, 0.25) is 0 Å². The lowest BCUT2D eigenvalue weighted by atomic mass is 10.1. The average Bonchev–Trinajstić information content (AvgIpc) is 2.87. The van der Waals surface area contributed by atoms with Crippen LogP contribution in [0.15, 0.2) is 6.07 Å². The lowest BCUT2D eigenvalue weighted by Crippen LogP contribution is -2.06. The second kappa shape index (κ2) is 3.41. The molecule has 2 aromatic rings. The van der Waals surface area contributed by atoms with E-state index >= 15 is 0 Å². The molecule has 3 rings (SSSR count). The summed E-state index contributed by atoms with van der Waals surface area (Å²) in [6.45, 7) is 4.36. The molecule has 1 fully saturated rings. The molecule has 0 aromatic carbocycles. The van der Waals surface area contributed by atoms with Crippen LogP contribution in [0.4, 0.5) is 0 Å². The molecule has 2 aromatic heterocycles. The average molecular weight is 253 g/mol. The van der Waals surface area contributed by atoms with Gasteiger partial charge < -0.3 is 0 Å². The second-order valence-corrected chi connectivity index (χ2v) is 6.16. The van der Waals surface area contributed by atoms with Crippen molar-refractivity contribution in [2.24, 2.45) is 0 Å². The summed E-state index contributed by atoms with van der Waals surface area (Å²) in [5, 5.41) is 1.63. The third kappa shape index (κ3) is 1.54. The Morgan fingerprint density at radius 2 is 2.19 bits per heavy atom. The van der Waals surface area contributed by atoms with Crippen LogP contribution in [0.1, 0.15) is 37.4 Å². The van der Waals surface area contributed by atoms with Crippen molar-refractivity contribution in [2.45, 2.75) is 38.5 Å². The largest absolute Gasteiger partial charge is 0.221 e. The van der Waals surface area contributed by atoms with Crippen molar-refractivity contribution in [3.8, 4) is 0 Å². The summed E-state index contributed by atoms with van der Waals surface area (Å²) in [7, 11) is 0. The predicted octanol–water partition coefficient (Wildman–Crippen LogP) is 3.96. The molecule has 2 nitrogen and oxygen atoms in total. The minimum atomic E-state index is 0.189. The van der Waals surface area contributed by atoms with Gasteiger partial charge in [-0.15, -0.1) is 11.3 Å². The van der Waals surface area contributed by atoms with Gasteiger partial charge in [0, 0.05) is 15.7 Å². The van der Waals surface area contributed by atoms with Crippen LogP contribution in [0, 0.1) is 0 Å². The molecule has 1 aliphatic carbocycles. The molecule has 4 heteroatoms. The monoisotopic (exact) mass is 252 g/mol. The van der Waals surface area contributed by atoms with E-state index in [-0.39, 0.29) is 5.41 Å². The standard InChI is InChI=1S/C12H13ClN2S/c1-3-7-6-8-9(13)14-11(12(2)4-5-12)15-10(8)16-7/h6H,3-5H2,1-2H3. The van der Waals surface area contributed by atoms with E-state index in [1.54, 1.807) is 11.3 Å². The first-order chi connectivity index (χ1) is 7.62. The number of aryl methyl sites for hydroxylation is 1. The van der Waals surface area contributed by atoms with Gasteiger partial charge in [-0.05, 0) is 25.3 Å². The number of fused-ring (bicyclic) bond motifs is 1. The third-order valence-corrected chi connectivity index (χ3v) is 4.75.